The van der Waals surface area contributed by atoms with Crippen molar-refractivity contribution in [3.8, 4) is 0 Å². The maximum absolute atomic E-state index is 13.0. The number of piperazine rings is 1. The summed E-state index contributed by atoms with van der Waals surface area (Å²) in [5, 5.41) is 0. The van der Waals surface area contributed by atoms with Gasteiger partial charge in [0.05, 0.1) is 12.2 Å². The monoisotopic (exact) mass is 395 g/mol. The van der Waals surface area contributed by atoms with Crippen LogP contribution in [0.2, 0.25) is 0 Å². The van der Waals surface area contributed by atoms with Crippen molar-refractivity contribution >= 4 is 23.4 Å². The number of hydrogen-bond acceptors (Lipinski definition) is 4. The van der Waals surface area contributed by atoms with Crippen LogP contribution in [0.25, 0.3) is 0 Å². The van der Waals surface area contributed by atoms with Crippen molar-refractivity contribution in [1.29, 1.82) is 0 Å². The Labute approximate surface area is 169 Å². The summed E-state index contributed by atoms with van der Waals surface area (Å²) in [6, 6.07) is 9.28. The SMILES string of the molecule is Cc1cccc(C)c1N1CC(C(=O)N2CCN(C(=O)c3ccco3)CC2)CC1=O. The Morgan fingerprint density at radius 3 is 2.24 bits per heavy atom. The largest absolute Gasteiger partial charge is 0.459 e. The van der Waals surface area contributed by atoms with Crippen LogP contribution in [0.15, 0.2) is 41.0 Å². The predicted molar refractivity (Wildman–Crippen MR) is 108 cm³/mol. The molecule has 2 aliphatic rings. The highest BCUT2D eigenvalue weighted by molar-refractivity contribution is 6.01. The van der Waals surface area contributed by atoms with Gasteiger partial charge in [0.25, 0.3) is 5.91 Å². The molecule has 0 saturated carbocycles. The minimum absolute atomic E-state index is 0.00261. The smallest absolute Gasteiger partial charge is 0.289 e. The van der Waals surface area contributed by atoms with Crippen LogP contribution in [0.1, 0.15) is 28.1 Å². The molecule has 0 N–H and O–H groups in total. The normalized spacial score (nSPS) is 19.7. The summed E-state index contributed by atoms with van der Waals surface area (Å²) < 4.78 is 5.17. The number of amides is 3. The van der Waals surface area contributed by atoms with E-state index in [4.69, 9.17) is 4.42 Å². The molecule has 3 heterocycles. The molecule has 1 atom stereocenters. The molecule has 2 saturated heterocycles. The van der Waals surface area contributed by atoms with Gasteiger partial charge in [0.15, 0.2) is 5.76 Å². The molecule has 4 rings (SSSR count). The summed E-state index contributed by atoms with van der Waals surface area (Å²) in [6.07, 6.45) is 1.71. The second-order valence-electron chi connectivity index (χ2n) is 7.74. The molecular formula is C22H25N3O4. The maximum Gasteiger partial charge on any atom is 0.289 e. The van der Waals surface area contributed by atoms with Crippen molar-refractivity contribution in [3.05, 3.63) is 53.5 Å². The van der Waals surface area contributed by atoms with E-state index in [0.29, 0.717) is 38.5 Å². The number of nitrogens with zero attached hydrogens (tertiary/aromatic N) is 3. The van der Waals surface area contributed by atoms with E-state index in [9.17, 15) is 14.4 Å². The molecule has 3 amide bonds. The third-order valence-corrected chi connectivity index (χ3v) is 5.79. The van der Waals surface area contributed by atoms with Crippen LogP contribution in [-0.2, 0) is 9.59 Å². The zero-order valence-electron chi connectivity index (χ0n) is 16.8. The van der Waals surface area contributed by atoms with Crippen LogP contribution >= 0.6 is 0 Å². The topological polar surface area (TPSA) is 74.1 Å². The Bertz CT molecular complexity index is 909. The molecule has 0 bridgehead atoms. The fraction of sp³-hybridized carbons (Fsp3) is 0.409. The van der Waals surface area contributed by atoms with Gasteiger partial charge in [0.2, 0.25) is 11.8 Å². The van der Waals surface area contributed by atoms with Crippen LogP contribution in [0.4, 0.5) is 5.69 Å². The molecule has 29 heavy (non-hydrogen) atoms. The number of aryl methyl sites for hydroxylation is 2. The van der Waals surface area contributed by atoms with E-state index in [1.165, 1.54) is 6.26 Å². The van der Waals surface area contributed by atoms with Gasteiger partial charge in [0.1, 0.15) is 0 Å². The summed E-state index contributed by atoms with van der Waals surface area (Å²) in [6.45, 7) is 6.26. The van der Waals surface area contributed by atoms with E-state index in [0.717, 1.165) is 16.8 Å². The Morgan fingerprint density at radius 1 is 0.966 bits per heavy atom. The quantitative estimate of drug-likeness (QED) is 0.799. The Hall–Kier alpha value is -3.09. The van der Waals surface area contributed by atoms with E-state index >= 15 is 0 Å². The van der Waals surface area contributed by atoms with E-state index < -0.39 is 0 Å². The standard InChI is InChI=1S/C22H25N3O4/c1-15-5-3-6-16(2)20(15)25-14-17(13-19(25)26)21(27)23-8-10-24(11-9-23)22(28)18-7-4-12-29-18/h3-7,12,17H,8-11,13-14H2,1-2H3. The lowest BCUT2D eigenvalue weighted by Gasteiger charge is -2.35. The van der Waals surface area contributed by atoms with Crippen LogP contribution in [0.3, 0.4) is 0 Å². The average Bonchev–Trinajstić information content (AvgIpc) is 3.37. The van der Waals surface area contributed by atoms with E-state index in [1.807, 2.05) is 32.0 Å². The third-order valence-electron chi connectivity index (χ3n) is 5.79. The fourth-order valence-electron chi connectivity index (χ4n) is 4.26. The summed E-state index contributed by atoms with van der Waals surface area (Å²) in [4.78, 5) is 43.3. The highest BCUT2D eigenvalue weighted by Gasteiger charge is 2.39. The Kier molecular flexibility index (Phi) is 5.13. The molecule has 1 unspecified atom stereocenters. The van der Waals surface area contributed by atoms with Crippen molar-refractivity contribution in [3.63, 3.8) is 0 Å². The predicted octanol–water partition coefficient (Wildman–Crippen LogP) is 2.23. The van der Waals surface area contributed by atoms with Crippen molar-refractivity contribution in [2.24, 2.45) is 5.92 Å². The molecule has 0 radical (unpaired) electrons. The van der Waals surface area contributed by atoms with Gasteiger partial charge in [-0.2, -0.15) is 0 Å². The third kappa shape index (κ3) is 3.64. The second-order valence-corrected chi connectivity index (χ2v) is 7.74. The van der Waals surface area contributed by atoms with Gasteiger partial charge < -0.3 is 19.1 Å². The molecule has 7 nitrogen and oxygen atoms in total. The van der Waals surface area contributed by atoms with Crippen molar-refractivity contribution in [2.75, 3.05) is 37.6 Å². The summed E-state index contributed by atoms with van der Waals surface area (Å²) in [5.74, 6) is -0.187. The number of anilines is 1. The minimum Gasteiger partial charge on any atom is -0.459 e. The molecule has 1 aromatic heterocycles. The van der Waals surface area contributed by atoms with Crippen LogP contribution in [0, 0.1) is 19.8 Å². The Balaban J connectivity index is 1.39. The minimum atomic E-state index is -0.339. The van der Waals surface area contributed by atoms with Gasteiger partial charge in [-0.05, 0) is 37.1 Å². The Morgan fingerprint density at radius 2 is 1.62 bits per heavy atom. The molecule has 152 valence electrons. The second kappa shape index (κ2) is 7.73. The van der Waals surface area contributed by atoms with Gasteiger partial charge in [-0.25, -0.2) is 0 Å². The van der Waals surface area contributed by atoms with Crippen molar-refractivity contribution in [1.82, 2.24) is 9.80 Å². The van der Waals surface area contributed by atoms with Crippen molar-refractivity contribution in [2.45, 2.75) is 20.3 Å². The number of carbonyl (C=O) groups excluding carboxylic acids is 3. The fourth-order valence-corrected chi connectivity index (χ4v) is 4.26. The number of para-hydroxylation sites is 1. The highest BCUT2D eigenvalue weighted by Crippen LogP contribution is 2.31. The van der Waals surface area contributed by atoms with Crippen LogP contribution in [-0.4, -0.2) is 60.2 Å². The van der Waals surface area contributed by atoms with Gasteiger partial charge in [0, 0.05) is 44.8 Å². The molecule has 2 aromatic rings. The zero-order valence-corrected chi connectivity index (χ0v) is 16.8. The van der Waals surface area contributed by atoms with Crippen LogP contribution in [0.5, 0.6) is 0 Å². The first-order valence-electron chi connectivity index (χ1n) is 9.94. The van der Waals surface area contributed by atoms with Crippen molar-refractivity contribution < 1.29 is 18.8 Å². The molecule has 2 fully saturated rings. The number of furan rings is 1. The molecule has 1 aromatic carbocycles. The van der Waals surface area contributed by atoms with E-state index in [2.05, 4.69) is 0 Å². The summed E-state index contributed by atoms with van der Waals surface area (Å²) in [5.41, 5.74) is 3.00. The highest BCUT2D eigenvalue weighted by atomic mass is 16.3. The number of rotatable bonds is 3. The first-order valence-corrected chi connectivity index (χ1v) is 9.94. The van der Waals surface area contributed by atoms with E-state index in [1.54, 1.807) is 26.8 Å². The number of hydrogen-bond donors (Lipinski definition) is 0. The van der Waals surface area contributed by atoms with E-state index in [-0.39, 0.29) is 30.1 Å². The van der Waals surface area contributed by atoms with Gasteiger partial charge in [-0.15, -0.1) is 0 Å². The lowest BCUT2D eigenvalue weighted by Crippen LogP contribution is -2.52. The lowest BCUT2D eigenvalue weighted by atomic mass is 10.1. The van der Waals surface area contributed by atoms with Crippen LogP contribution < -0.4 is 4.90 Å². The summed E-state index contributed by atoms with van der Waals surface area (Å²) in [7, 11) is 0. The maximum atomic E-state index is 13.0. The first-order chi connectivity index (χ1) is 14.0. The average molecular weight is 395 g/mol. The number of carbonyl (C=O) groups is 3. The molecule has 0 aliphatic carbocycles. The molecule has 2 aliphatic heterocycles. The molecular weight excluding hydrogens is 370 g/mol. The van der Waals surface area contributed by atoms with Gasteiger partial charge >= 0.3 is 0 Å². The molecule has 0 spiro atoms. The van der Waals surface area contributed by atoms with Gasteiger partial charge in [-0.3, -0.25) is 14.4 Å². The lowest BCUT2D eigenvalue weighted by molar-refractivity contribution is -0.137. The molecule has 7 heteroatoms. The first kappa shape index (κ1) is 19.2. The van der Waals surface area contributed by atoms with Gasteiger partial charge in [-0.1, -0.05) is 18.2 Å². The zero-order chi connectivity index (χ0) is 20.5. The number of benzene rings is 1. The summed E-state index contributed by atoms with van der Waals surface area (Å²) >= 11 is 0.